The first-order valence-electron chi connectivity index (χ1n) is 8.47. The molecule has 0 aromatic heterocycles. The lowest BCUT2D eigenvalue weighted by Crippen LogP contribution is -2.40. The van der Waals surface area contributed by atoms with Crippen molar-refractivity contribution in [3.63, 3.8) is 0 Å². The van der Waals surface area contributed by atoms with Crippen LogP contribution in [-0.4, -0.2) is 18.9 Å². The summed E-state index contributed by atoms with van der Waals surface area (Å²) < 4.78 is 19.7. The molecule has 1 unspecified atom stereocenters. The molecule has 1 atom stereocenters. The Morgan fingerprint density at radius 3 is 2.69 bits per heavy atom. The van der Waals surface area contributed by atoms with Gasteiger partial charge in [0, 0.05) is 33.0 Å². The van der Waals surface area contributed by atoms with Crippen LogP contribution in [0.3, 0.4) is 0 Å². The SMILES string of the molecule is COC(=O)C1=C(C)NC2=C(C(=O)C(C)(C)CC2)C1c1c(F)cccc1Cl. The molecule has 1 aromatic carbocycles. The molecule has 3 rings (SSSR count). The minimum atomic E-state index is -0.889. The van der Waals surface area contributed by atoms with Gasteiger partial charge in [0.05, 0.1) is 18.6 Å². The van der Waals surface area contributed by atoms with Crippen LogP contribution in [0.4, 0.5) is 4.39 Å². The second-order valence-corrected chi connectivity index (χ2v) is 7.74. The monoisotopic (exact) mass is 377 g/mol. The highest BCUT2D eigenvalue weighted by Gasteiger charge is 2.46. The van der Waals surface area contributed by atoms with E-state index >= 15 is 0 Å². The van der Waals surface area contributed by atoms with Crippen molar-refractivity contribution in [3.05, 3.63) is 57.1 Å². The Bertz CT molecular complexity index is 850. The van der Waals surface area contributed by atoms with E-state index in [1.54, 1.807) is 13.0 Å². The number of carbonyl (C=O) groups excluding carboxylic acids is 2. The number of esters is 1. The third-order valence-corrected chi connectivity index (χ3v) is 5.53. The maximum atomic E-state index is 14.8. The van der Waals surface area contributed by atoms with E-state index in [-0.39, 0.29) is 21.9 Å². The highest BCUT2D eigenvalue weighted by Crippen LogP contribution is 2.48. The molecule has 0 bridgehead atoms. The molecule has 0 saturated heterocycles. The fourth-order valence-corrected chi connectivity index (χ4v) is 4.01. The average molecular weight is 378 g/mol. The van der Waals surface area contributed by atoms with Crippen molar-refractivity contribution in [2.75, 3.05) is 7.11 Å². The summed E-state index contributed by atoms with van der Waals surface area (Å²) in [4.78, 5) is 25.7. The normalized spacial score (nSPS) is 22.1. The minimum Gasteiger partial charge on any atom is -0.466 e. The van der Waals surface area contributed by atoms with Gasteiger partial charge in [-0.3, -0.25) is 4.79 Å². The van der Waals surface area contributed by atoms with Gasteiger partial charge in [-0.25, -0.2) is 9.18 Å². The summed E-state index contributed by atoms with van der Waals surface area (Å²) in [6, 6.07) is 4.34. The molecule has 0 amide bonds. The molecule has 1 aliphatic heterocycles. The average Bonchev–Trinajstić information content (AvgIpc) is 2.57. The Balaban J connectivity index is 2.31. The van der Waals surface area contributed by atoms with Gasteiger partial charge in [0.25, 0.3) is 0 Å². The molecule has 1 aromatic rings. The maximum absolute atomic E-state index is 14.8. The highest BCUT2D eigenvalue weighted by molar-refractivity contribution is 6.31. The van der Waals surface area contributed by atoms with Gasteiger partial charge in [0.1, 0.15) is 5.82 Å². The van der Waals surface area contributed by atoms with Gasteiger partial charge in [-0.2, -0.15) is 0 Å². The molecule has 0 radical (unpaired) electrons. The van der Waals surface area contributed by atoms with Gasteiger partial charge in [-0.1, -0.05) is 31.5 Å². The lowest BCUT2D eigenvalue weighted by Gasteiger charge is -2.39. The molecule has 0 fully saturated rings. The Morgan fingerprint density at radius 2 is 2.08 bits per heavy atom. The number of nitrogens with one attached hydrogen (secondary N) is 1. The number of ether oxygens (including phenoxy) is 1. The topological polar surface area (TPSA) is 55.4 Å². The summed E-state index contributed by atoms with van der Waals surface area (Å²) >= 11 is 6.30. The third kappa shape index (κ3) is 2.84. The van der Waals surface area contributed by atoms with E-state index in [9.17, 15) is 14.0 Å². The van der Waals surface area contributed by atoms with Crippen LogP contribution < -0.4 is 5.32 Å². The summed E-state index contributed by atoms with van der Waals surface area (Å²) in [5.74, 6) is -2.16. The van der Waals surface area contributed by atoms with Crippen LogP contribution in [0.1, 0.15) is 45.1 Å². The number of ketones is 1. The number of Topliss-reactive ketones (excluding diaryl/α,β-unsaturated/α-hetero) is 1. The third-order valence-electron chi connectivity index (χ3n) is 5.20. The van der Waals surface area contributed by atoms with Crippen LogP contribution in [0.2, 0.25) is 5.02 Å². The summed E-state index contributed by atoms with van der Waals surface area (Å²) in [5.41, 5.74) is 1.43. The summed E-state index contributed by atoms with van der Waals surface area (Å²) in [6.45, 7) is 5.45. The first-order valence-corrected chi connectivity index (χ1v) is 8.84. The number of benzene rings is 1. The van der Waals surface area contributed by atoms with Gasteiger partial charge >= 0.3 is 5.97 Å². The molecule has 0 saturated carbocycles. The molecule has 0 spiro atoms. The van der Waals surface area contributed by atoms with Crippen LogP contribution in [-0.2, 0) is 14.3 Å². The predicted molar refractivity (Wildman–Crippen MR) is 97.1 cm³/mol. The van der Waals surface area contributed by atoms with Crippen molar-refractivity contribution in [2.45, 2.75) is 39.5 Å². The largest absolute Gasteiger partial charge is 0.466 e. The standard InChI is InChI=1S/C20H21ClFNO3/c1-10-14(19(25)26-4)17(15-11(21)6-5-7-12(15)22)16-13(23-10)8-9-20(2,3)18(16)24/h5-7,17,23H,8-9H2,1-4H3. The van der Waals surface area contributed by atoms with Crippen LogP contribution in [0, 0.1) is 11.2 Å². The smallest absolute Gasteiger partial charge is 0.336 e. The quantitative estimate of drug-likeness (QED) is 0.782. The van der Waals surface area contributed by atoms with Crippen molar-refractivity contribution in [1.29, 1.82) is 0 Å². The van der Waals surface area contributed by atoms with Crippen LogP contribution in [0.15, 0.2) is 40.7 Å². The van der Waals surface area contributed by atoms with E-state index in [1.165, 1.54) is 19.2 Å². The maximum Gasteiger partial charge on any atom is 0.336 e. The summed E-state index contributed by atoms with van der Waals surface area (Å²) in [7, 11) is 1.26. The van der Waals surface area contributed by atoms with Gasteiger partial charge in [-0.15, -0.1) is 0 Å². The van der Waals surface area contributed by atoms with Crippen LogP contribution >= 0.6 is 11.6 Å². The minimum absolute atomic E-state index is 0.107. The fraction of sp³-hybridized carbons (Fsp3) is 0.400. The number of hydrogen-bond donors (Lipinski definition) is 1. The first-order chi connectivity index (χ1) is 12.2. The van der Waals surface area contributed by atoms with Crippen molar-refractivity contribution >= 4 is 23.4 Å². The van der Waals surface area contributed by atoms with Gasteiger partial charge < -0.3 is 10.1 Å². The number of halogens is 2. The van der Waals surface area contributed by atoms with Gasteiger partial charge in [0.15, 0.2) is 5.78 Å². The van der Waals surface area contributed by atoms with E-state index in [1.807, 2.05) is 13.8 Å². The van der Waals surface area contributed by atoms with Crippen molar-refractivity contribution in [3.8, 4) is 0 Å². The molecular formula is C20H21ClFNO3. The molecule has 138 valence electrons. The zero-order chi connectivity index (χ0) is 19.2. The highest BCUT2D eigenvalue weighted by atomic mass is 35.5. The second-order valence-electron chi connectivity index (χ2n) is 7.33. The zero-order valence-electron chi connectivity index (χ0n) is 15.2. The van der Waals surface area contributed by atoms with Gasteiger partial charge in [-0.05, 0) is 31.9 Å². The molecule has 4 nitrogen and oxygen atoms in total. The van der Waals surface area contributed by atoms with Crippen molar-refractivity contribution < 1.29 is 18.7 Å². The molecule has 26 heavy (non-hydrogen) atoms. The lowest BCUT2D eigenvalue weighted by atomic mass is 9.67. The molecule has 1 N–H and O–H groups in total. The molecule has 1 aliphatic carbocycles. The number of hydrogen-bond acceptors (Lipinski definition) is 4. The molecule has 6 heteroatoms. The fourth-order valence-electron chi connectivity index (χ4n) is 3.73. The van der Waals surface area contributed by atoms with Crippen LogP contribution in [0.5, 0.6) is 0 Å². The van der Waals surface area contributed by atoms with Crippen LogP contribution in [0.25, 0.3) is 0 Å². The van der Waals surface area contributed by atoms with Gasteiger partial charge in [0.2, 0.25) is 0 Å². The van der Waals surface area contributed by atoms with E-state index in [4.69, 9.17) is 16.3 Å². The number of carbonyl (C=O) groups is 2. The Hall–Kier alpha value is -2.14. The van der Waals surface area contributed by atoms with E-state index in [2.05, 4.69) is 5.32 Å². The van der Waals surface area contributed by atoms with Crippen molar-refractivity contribution in [1.82, 2.24) is 5.32 Å². The zero-order valence-corrected chi connectivity index (χ0v) is 16.0. The summed E-state index contributed by atoms with van der Waals surface area (Å²) in [6.07, 6.45) is 1.32. The van der Waals surface area contributed by atoms with E-state index in [0.717, 1.165) is 5.70 Å². The second kappa shape index (κ2) is 6.54. The lowest BCUT2D eigenvalue weighted by molar-refractivity contribution is -0.136. The number of dihydropyridines is 1. The number of rotatable bonds is 2. The molecular weight excluding hydrogens is 357 g/mol. The van der Waals surface area contributed by atoms with E-state index < -0.39 is 23.1 Å². The Labute approximate surface area is 157 Å². The molecule has 2 aliphatic rings. The Kier molecular flexibility index (Phi) is 4.69. The molecule has 1 heterocycles. The number of methoxy groups -OCH3 is 1. The predicted octanol–water partition coefficient (Wildman–Crippen LogP) is 4.26. The summed E-state index contributed by atoms with van der Waals surface area (Å²) in [5, 5.41) is 3.34. The number of allylic oxidation sites excluding steroid dienone is 3. The first kappa shape index (κ1) is 18.6. The Morgan fingerprint density at radius 1 is 1.38 bits per heavy atom. The van der Waals surface area contributed by atoms with E-state index in [0.29, 0.717) is 24.1 Å². The van der Waals surface area contributed by atoms with Crippen molar-refractivity contribution in [2.24, 2.45) is 5.41 Å².